The van der Waals surface area contributed by atoms with E-state index in [0.717, 1.165) is 27.8 Å². The summed E-state index contributed by atoms with van der Waals surface area (Å²) < 4.78 is 10.9. The molecule has 4 heteroatoms. The topological polar surface area (TPSA) is 51.5 Å². The standard InChI is InChI=1S/C18H17NO3/c1-12-7-8-13-10-17(22-16(13)9-12)18(20)19-11-14-5-3-4-6-15(14)21-2/h3-10H,11H2,1-2H3,(H,19,20). The Balaban J connectivity index is 1.76. The normalized spacial score (nSPS) is 10.6. The summed E-state index contributed by atoms with van der Waals surface area (Å²) in [6, 6.07) is 15.2. The predicted octanol–water partition coefficient (Wildman–Crippen LogP) is 3.68. The molecule has 112 valence electrons. The number of carbonyl (C=O) groups is 1. The van der Waals surface area contributed by atoms with Crippen molar-refractivity contribution in [2.45, 2.75) is 13.5 Å². The maximum Gasteiger partial charge on any atom is 0.287 e. The molecule has 0 fully saturated rings. The Morgan fingerprint density at radius 2 is 2.00 bits per heavy atom. The second-order valence-corrected chi connectivity index (χ2v) is 5.15. The number of methoxy groups -OCH3 is 1. The van der Waals surface area contributed by atoms with Crippen molar-refractivity contribution in [1.29, 1.82) is 0 Å². The van der Waals surface area contributed by atoms with Gasteiger partial charge < -0.3 is 14.5 Å². The molecule has 1 aromatic heterocycles. The molecule has 3 rings (SSSR count). The average molecular weight is 295 g/mol. The van der Waals surface area contributed by atoms with E-state index in [1.54, 1.807) is 13.2 Å². The molecule has 0 radical (unpaired) electrons. The number of carbonyl (C=O) groups excluding carboxylic acids is 1. The van der Waals surface area contributed by atoms with Crippen molar-refractivity contribution in [3.05, 3.63) is 65.4 Å². The number of aryl methyl sites for hydroxylation is 1. The number of furan rings is 1. The van der Waals surface area contributed by atoms with E-state index < -0.39 is 0 Å². The predicted molar refractivity (Wildman–Crippen MR) is 85.1 cm³/mol. The summed E-state index contributed by atoms with van der Waals surface area (Å²) in [5, 5.41) is 3.78. The maximum atomic E-state index is 12.2. The zero-order chi connectivity index (χ0) is 15.5. The quantitative estimate of drug-likeness (QED) is 0.799. The molecule has 1 heterocycles. The number of hydrogen-bond donors (Lipinski definition) is 1. The van der Waals surface area contributed by atoms with E-state index in [0.29, 0.717) is 12.3 Å². The van der Waals surface area contributed by atoms with Gasteiger partial charge in [-0.15, -0.1) is 0 Å². The molecule has 0 saturated heterocycles. The van der Waals surface area contributed by atoms with Gasteiger partial charge in [-0.1, -0.05) is 30.3 Å². The summed E-state index contributed by atoms with van der Waals surface area (Å²) >= 11 is 0. The highest BCUT2D eigenvalue weighted by Crippen LogP contribution is 2.21. The van der Waals surface area contributed by atoms with Gasteiger partial charge in [0.2, 0.25) is 0 Å². The summed E-state index contributed by atoms with van der Waals surface area (Å²) in [6.07, 6.45) is 0. The first kappa shape index (κ1) is 14.2. The van der Waals surface area contributed by atoms with Crippen molar-refractivity contribution in [3.8, 4) is 5.75 Å². The van der Waals surface area contributed by atoms with Crippen LogP contribution in [0.5, 0.6) is 5.75 Å². The Hall–Kier alpha value is -2.75. The van der Waals surface area contributed by atoms with Crippen LogP contribution in [0.1, 0.15) is 21.7 Å². The Morgan fingerprint density at radius 3 is 2.82 bits per heavy atom. The van der Waals surface area contributed by atoms with Crippen LogP contribution in [0.15, 0.2) is 52.9 Å². The fraction of sp³-hybridized carbons (Fsp3) is 0.167. The first-order chi connectivity index (χ1) is 10.7. The number of para-hydroxylation sites is 1. The van der Waals surface area contributed by atoms with Gasteiger partial charge in [-0.3, -0.25) is 4.79 Å². The number of ether oxygens (including phenoxy) is 1. The minimum atomic E-state index is -0.236. The number of amides is 1. The van der Waals surface area contributed by atoms with E-state index in [2.05, 4.69) is 5.32 Å². The van der Waals surface area contributed by atoms with Crippen molar-refractivity contribution in [2.75, 3.05) is 7.11 Å². The van der Waals surface area contributed by atoms with Crippen LogP contribution in [-0.4, -0.2) is 13.0 Å². The summed E-state index contributed by atoms with van der Waals surface area (Å²) in [4.78, 5) is 12.2. The SMILES string of the molecule is COc1ccccc1CNC(=O)c1cc2ccc(C)cc2o1. The van der Waals surface area contributed by atoms with Crippen molar-refractivity contribution in [1.82, 2.24) is 5.32 Å². The lowest BCUT2D eigenvalue weighted by Crippen LogP contribution is -2.22. The Kier molecular flexibility index (Phi) is 3.83. The molecule has 0 spiro atoms. The zero-order valence-electron chi connectivity index (χ0n) is 12.6. The monoisotopic (exact) mass is 295 g/mol. The smallest absolute Gasteiger partial charge is 0.287 e. The van der Waals surface area contributed by atoms with E-state index in [1.165, 1.54) is 0 Å². The van der Waals surface area contributed by atoms with Crippen LogP contribution in [0.25, 0.3) is 11.0 Å². The van der Waals surface area contributed by atoms with E-state index in [9.17, 15) is 4.79 Å². The van der Waals surface area contributed by atoms with Crippen LogP contribution in [0.4, 0.5) is 0 Å². The fourth-order valence-corrected chi connectivity index (χ4v) is 2.36. The molecule has 0 aliphatic rings. The molecule has 0 aliphatic carbocycles. The van der Waals surface area contributed by atoms with Crippen LogP contribution in [0.2, 0.25) is 0 Å². The van der Waals surface area contributed by atoms with Gasteiger partial charge in [0.05, 0.1) is 7.11 Å². The molecule has 0 atom stereocenters. The number of nitrogens with one attached hydrogen (secondary N) is 1. The van der Waals surface area contributed by atoms with E-state index in [4.69, 9.17) is 9.15 Å². The molecule has 4 nitrogen and oxygen atoms in total. The van der Waals surface area contributed by atoms with Gasteiger partial charge in [-0.25, -0.2) is 0 Å². The summed E-state index contributed by atoms with van der Waals surface area (Å²) in [5.74, 6) is 0.832. The highest BCUT2D eigenvalue weighted by molar-refractivity contribution is 5.96. The minimum Gasteiger partial charge on any atom is -0.496 e. The third-order valence-electron chi connectivity index (χ3n) is 3.53. The van der Waals surface area contributed by atoms with Crippen LogP contribution in [0.3, 0.4) is 0 Å². The molecule has 0 unspecified atom stereocenters. The molecule has 0 saturated carbocycles. The lowest BCUT2D eigenvalue weighted by molar-refractivity contribution is 0.0925. The van der Waals surface area contributed by atoms with E-state index >= 15 is 0 Å². The van der Waals surface area contributed by atoms with Gasteiger partial charge in [0.15, 0.2) is 5.76 Å². The lowest BCUT2D eigenvalue weighted by atomic mass is 10.2. The number of fused-ring (bicyclic) bond motifs is 1. The third-order valence-corrected chi connectivity index (χ3v) is 3.53. The molecule has 22 heavy (non-hydrogen) atoms. The van der Waals surface area contributed by atoms with Gasteiger partial charge in [0.25, 0.3) is 5.91 Å². The van der Waals surface area contributed by atoms with Crippen LogP contribution < -0.4 is 10.1 Å². The van der Waals surface area contributed by atoms with E-state index in [-0.39, 0.29) is 5.91 Å². The Bertz CT molecular complexity index is 820. The van der Waals surface area contributed by atoms with Gasteiger partial charge in [0.1, 0.15) is 11.3 Å². The fourth-order valence-electron chi connectivity index (χ4n) is 2.36. The maximum absolute atomic E-state index is 12.2. The molecular formula is C18H17NO3. The third kappa shape index (κ3) is 2.81. The van der Waals surface area contributed by atoms with Crippen LogP contribution >= 0.6 is 0 Å². The van der Waals surface area contributed by atoms with Gasteiger partial charge in [-0.05, 0) is 30.7 Å². The molecule has 3 aromatic rings. The van der Waals surface area contributed by atoms with Crippen LogP contribution in [0, 0.1) is 6.92 Å². The van der Waals surface area contributed by atoms with Crippen molar-refractivity contribution in [3.63, 3.8) is 0 Å². The summed E-state index contributed by atoms with van der Waals surface area (Å²) in [7, 11) is 1.61. The van der Waals surface area contributed by atoms with Gasteiger partial charge in [-0.2, -0.15) is 0 Å². The second-order valence-electron chi connectivity index (χ2n) is 5.15. The second kappa shape index (κ2) is 5.93. The molecule has 2 aromatic carbocycles. The summed E-state index contributed by atoms with van der Waals surface area (Å²) in [6.45, 7) is 2.38. The average Bonchev–Trinajstić information content (AvgIpc) is 2.96. The largest absolute Gasteiger partial charge is 0.496 e. The number of benzene rings is 2. The van der Waals surface area contributed by atoms with Crippen molar-refractivity contribution < 1.29 is 13.9 Å². The van der Waals surface area contributed by atoms with Gasteiger partial charge >= 0.3 is 0 Å². The summed E-state index contributed by atoms with van der Waals surface area (Å²) in [5.41, 5.74) is 2.75. The molecule has 0 bridgehead atoms. The van der Waals surface area contributed by atoms with E-state index in [1.807, 2.05) is 49.4 Å². The molecule has 1 N–H and O–H groups in total. The first-order valence-corrected chi connectivity index (χ1v) is 7.07. The number of hydrogen-bond acceptors (Lipinski definition) is 3. The highest BCUT2D eigenvalue weighted by atomic mass is 16.5. The molecule has 1 amide bonds. The van der Waals surface area contributed by atoms with Crippen molar-refractivity contribution >= 4 is 16.9 Å². The Morgan fingerprint density at radius 1 is 1.18 bits per heavy atom. The lowest BCUT2D eigenvalue weighted by Gasteiger charge is -2.08. The zero-order valence-corrected chi connectivity index (χ0v) is 12.6. The van der Waals surface area contributed by atoms with Crippen molar-refractivity contribution in [2.24, 2.45) is 0 Å². The van der Waals surface area contributed by atoms with Crippen LogP contribution in [-0.2, 0) is 6.54 Å². The Labute approximate surface area is 128 Å². The molecule has 0 aliphatic heterocycles. The first-order valence-electron chi connectivity index (χ1n) is 7.07. The minimum absolute atomic E-state index is 0.236. The van der Waals surface area contributed by atoms with Gasteiger partial charge in [0, 0.05) is 17.5 Å². The number of rotatable bonds is 4. The molecular weight excluding hydrogens is 278 g/mol. The highest BCUT2D eigenvalue weighted by Gasteiger charge is 2.12.